The van der Waals surface area contributed by atoms with Crippen molar-refractivity contribution in [3.8, 4) is 0 Å². The molecule has 2 nitrogen and oxygen atoms in total. The molecule has 0 saturated carbocycles. The van der Waals surface area contributed by atoms with Crippen molar-refractivity contribution in [1.29, 1.82) is 0 Å². The van der Waals surface area contributed by atoms with Gasteiger partial charge in [0.1, 0.15) is 0 Å². The topological polar surface area (TPSA) is 29.1 Å². The third-order valence-electron chi connectivity index (χ3n) is 1.51. The molecule has 0 saturated heterocycles. The summed E-state index contributed by atoms with van der Waals surface area (Å²) in [6.45, 7) is 8.46. The molecular formula is C9H17NO. The largest absolute Gasteiger partial charge is 0.352 e. The maximum Gasteiger partial charge on any atom is 0.220 e. The highest BCUT2D eigenvalue weighted by atomic mass is 16.1. The van der Waals surface area contributed by atoms with Crippen LogP contribution in [0.5, 0.6) is 0 Å². The average molecular weight is 155 g/mol. The van der Waals surface area contributed by atoms with E-state index in [2.05, 4.69) is 11.9 Å². The maximum absolute atomic E-state index is 10.9. The van der Waals surface area contributed by atoms with Crippen LogP contribution in [0.1, 0.15) is 33.1 Å². The van der Waals surface area contributed by atoms with Gasteiger partial charge in [0.2, 0.25) is 5.91 Å². The van der Waals surface area contributed by atoms with Gasteiger partial charge in [0.15, 0.2) is 0 Å². The van der Waals surface area contributed by atoms with Gasteiger partial charge in [0.25, 0.3) is 0 Å². The Kier molecular flexibility index (Phi) is 5.53. The van der Waals surface area contributed by atoms with Crippen LogP contribution in [0.3, 0.4) is 0 Å². The molecule has 0 unspecified atom stereocenters. The molecule has 0 aromatic carbocycles. The minimum Gasteiger partial charge on any atom is -0.352 e. The molecule has 0 radical (unpaired) electrons. The first kappa shape index (κ1) is 10.2. The average Bonchev–Trinajstić information content (AvgIpc) is 2.01. The first-order chi connectivity index (χ1) is 5.20. The summed E-state index contributed by atoms with van der Waals surface area (Å²) < 4.78 is 0. The lowest BCUT2D eigenvalue weighted by molar-refractivity contribution is -0.120. The van der Waals surface area contributed by atoms with E-state index in [1.165, 1.54) is 0 Å². The van der Waals surface area contributed by atoms with Gasteiger partial charge in [-0.25, -0.2) is 0 Å². The summed E-state index contributed by atoms with van der Waals surface area (Å²) in [5.74, 6) is 0.127. The van der Waals surface area contributed by atoms with Crippen molar-refractivity contribution >= 4 is 5.91 Å². The van der Waals surface area contributed by atoms with Crippen LogP contribution in [-0.4, -0.2) is 12.5 Å². The predicted molar refractivity (Wildman–Crippen MR) is 47.3 cm³/mol. The fraction of sp³-hybridized carbons (Fsp3) is 0.667. The second-order valence-electron chi connectivity index (χ2n) is 2.63. The van der Waals surface area contributed by atoms with Gasteiger partial charge < -0.3 is 5.32 Å². The van der Waals surface area contributed by atoms with Gasteiger partial charge in [-0.1, -0.05) is 26.0 Å². The second-order valence-corrected chi connectivity index (χ2v) is 2.63. The minimum atomic E-state index is 0.127. The van der Waals surface area contributed by atoms with Crippen LogP contribution in [0.25, 0.3) is 0 Å². The molecule has 0 heterocycles. The predicted octanol–water partition coefficient (Wildman–Crippen LogP) is 1.87. The Bertz CT molecular complexity index is 140. The van der Waals surface area contributed by atoms with Crippen molar-refractivity contribution in [2.75, 3.05) is 6.54 Å². The van der Waals surface area contributed by atoms with Crippen LogP contribution in [0.4, 0.5) is 0 Å². The lowest BCUT2D eigenvalue weighted by Gasteiger charge is -2.04. The van der Waals surface area contributed by atoms with E-state index in [4.69, 9.17) is 0 Å². The van der Waals surface area contributed by atoms with Gasteiger partial charge in [0, 0.05) is 13.0 Å². The van der Waals surface area contributed by atoms with Gasteiger partial charge in [-0.3, -0.25) is 4.79 Å². The summed E-state index contributed by atoms with van der Waals surface area (Å²) in [6, 6.07) is 0. The molecule has 64 valence electrons. The second kappa shape index (κ2) is 5.96. The molecule has 0 rings (SSSR count). The Morgan fingerprint density at radius 2 is 2.09 bits per heavy atom. The van der Waals surface area contributed by atoms with Crippen LogP contribution in [0, 0.1) is 0 Å². The SMILES string of the molecule is C=C(CC)CNC(=O)CCC. The molecule has 0 fully saturated rings. The molecule has 1 N–H and O–H groups in total. The Morgan fingerprint density at radius 1 is 1.45 bits per heavy atom. The van der Waals surface area contributed by atoms with Crippen molar-refractivity contribution in [3.05, 3.63) is 12.2 Å². The van der Waals surface area contributed by atoms with Crippen molar-refractivity contribution in [3.63, 3.8) is 0 Å². The number of nitrogens with one attached hydrogen (secondary N) is 1. The standard InChI is InChI=1S/C9H17NO/c1-4-6-9(11)10-7-8(3)5-2/h3-7H2,1-2H3,(H,10,11). The molecule has 0 bridgehead atoms. The summed E-state index contributed by atoms with van der Waals surface area (Å²) >= 11 is 0. The van der Waals surface area contributed by atoms with Crippen LogP contribution in [0.15, 0.2) is 12.2 Å². The van der Waals surface area contributed by atoms with Gasteiger partial charge in [-0.15, -0.1) is 0 Å². The van der Waals surface area contributed by atoms with Crippen molar-refractivity contribution in [2.24, 2.45) is 0 Å². The quantitative estimate of drug-likeness (QED) is 0.603. The highest BCUT2D eigenvalue weighted by molar-refractivity contribution is 5.75. The number of amides is 1. The lowest BCUT2D eigenvalue weighted by Crippen LogP contribution is -2.24. The molecule has 0 spiro atoms. The molecule has 0 aromatic rings. The molecule has 2 heteroatoms. The maximum atomic E-state index is 10.9. The van der Waals surface area contributed by atoms with Crippen molar-refractivity contribution in [2.45, 2.75) is 33.1 Å². The van der Waals surface area contributed by atoms with E-state index in [1.807, 2.05) is 13.8 Å². The summed E-state index contributed by atoms with van der Waals surface area (Å²) in [4.78, 5) is 10.9. The normalized spacial score (nSPS) is 9.27. The third kappa shape index (κ3) is 5.64. The lowest BCUT2D eigenvalue weighted by atomic mass is 10.2. The third-order valence-corrected chi connectivity index (χ3v) is 1.51. The van der Waals surface area contributed by atoms with Crippen molar-refractivity contribution in [1.82, 2.24) is 5.32 Å². The minimum absolute atomic E-state index is 0.127. The van der Waals surface area contributed by atoms with E-state index < -0.39 is 0 Å². The summed E-state index contributed by atoms with van der Waals surface area (Å²) in [5.41, 5.74) is 1.08. The van der Waals surface area contributed by atoms with Gasteiger partial charge in [-0.05, 0) is 12.8 Å². The van der Waals surface area contributed by atoms with Gasteiger partial charge in [0.05, 0.1) is 0 Å². The Hall–Kier alpha value is -0.790. The number of carbonyl (C=O) groups is 1. The Labute approximate surface area is 68.7 Å². The highest BCUT2D eigenvalue weighted by Gasteiger charge is 1.97. The zero-order chi connectivity index (χ0) is 8.69. The van der Waals surface area contributed by atoms with E-state index in [-0.39, 0.29) is 5.91 Å². The molecule has 0 aliphatic heterocycles. The molecule has 0 aromatic heterocycles. The molecule has 0 aliphatic carbocycles. The first-order valence-electron chi connectivity index (χ1n) is 4.14. The van der Waals surface area contributed by atoms with E-state index in [0.29, 0.717) is 13.0 Å². The van der Waals surface area contributed by atoms with E-state index in [0.717, 1.165) is 18.4 Å². The van der Waals surface area contributed by atoms with Crippen molar-refractivity contribution < 1.29 is 4.79 Å². The zero-order valence-electron chi connectivity index (χ0n) is 7.44. The molecule has 11 heavy (non-hydrogen) atoms. The zero-order valence-corrected chi connectivity index (χ0v) is 7.44. The summed E-state index contributed by atoms with van der Waals surface area (Å²) in [5, 5.41) is 2.80. The number of carbonyl (C=O) groups excluding carboxylic acids is 1. The summed E-state index contributed by atoms with van der Waals surface area (Å²) in [6.07, 6.45) is 2.47. The van der Waals surface area contributed by atoms with Crippen LogP contribution in [0.2, 0.25) is 0 Å². The van der Waals surface area contributed by atoms with Gasteiger partial charge >= 0.3 is 0 Å². The monoisotopic (exact) mass is 155 g/mol. The van der Waals surface area contributed by atoms with Crippen LogP contribution in [-0.2, 0) is 4.79 Å². The number of hydrogen-bond acceptors (Lipinski definition) is 1. The molecular weight excluding hydrogens is 138 g/mol. The summed E-state index contributed by atoms with van der Waals surface area (Å²) in [7, 11) is 0. The molecule has 0 atom stereocenters. The number of hydrogen-bond donors (Lipinski definition) is 1. The first-order valence-corrected chi connectivity index (χ1v) is 4.14. The number of rotatable bonds is 5. The van der Waals surface area contributed by atoms with E-state index >= 15 is 0 Å². The van der Waals surface area contributed by atoms with E-state index in [9.17, 15) is 4.79 Å². The molecule has 0 aliphatic rings. The van der Waals surface area contributed by atoms with Gasteiger partial charge in [-0.2, -0.15) is 0 Å². The van der Waals surface area contributed by atoms with E-state index in [1.54, 1.807) is 0 Å². The van der Waals surface area contributed by atoms with Crippen LogP contribution >= 0.6 is 0 Å². The molecule has 1 amide bonds. The Morgan fingerprint density at radius 3 is 2.55 bits per heavy atom. The fourth-order valence-corrected chi connectivity index (χ4v) is 0.664. The fourth-order valence-electron chi connectivity index (χ4n) is 0.664. The highest BCUT2D eigenvalue weighted by Crippen LogP contribution is 1.93. The van der Waals surface area contributed by atoms with Crippen LogP contribution < -0.4 is 5.32 Å². The Balaban J connectivity index is 3.38. The smallest absolute Gasteiger partial charge is 0.220 e.